The molecular formula is C12H21NO3. The summed E-state index contributed by atoms with van der Waals surface area (Å²) in [5.74, 6) is 0. The van der Waals surface area contributed by atoms with Gasteiger partial charge >= 0.3 is 6.09 Å². The maximum atomic E-state index is 11.9. The Morgan fingerprint density at radius 2 is 2.06 bits per heavy atom. The zero-order valence-corrected chi connectivity index (χ0v) is 10.4. The summed E-state index contributed by atoms with van der Waals surface area (Å²) in [6.07, 6.45) is 2.14. The van der Waals surface area contributed by atoms with Crippen molar-refractivity contribution in [3.05, 3.63) is 0 Å². The van der Waals surface area contributed by atoms with Crippen molar-refractivity contribution >= 4 is 6.09 Å². The van der Waals surface area contributed by atoms with Crippen LogP contribution in [0.2, 0.25) is 0 Å². The molecule has 16 heavy (non-hydrogen) atoms. The number of hydrogen-bond donors (Lipinski definition) is 0. The third kappa shape index (κ3) is 2.88. The lowest BCUT2D eigenvalue weighted by atomic mass is 10.1. The summed E-state index contributed by atoms with van der Waals surface area (Å²) in [5.41, 5.74) is -0.172. The molecule has 0 unspecified atom stereocenters. The molecule has 0 aromatic carbocycles. The zero-order valence-electron chi connectivity index (χ0n) is 10.4. The van der Waals surface area contributed by atoms with Gasteiger partial charge < -0.3 is 14.4 Å². The van der Waals surface area contributed by atoms with Gasteiger partial charge in [-0.3, -0.25) is 0 Å². The maximum absolute atomic E-state index is 11.9. The molecule has 0 bridgehead atoms. The Bertz CT molecular complexity index is 278. The van der Waals surface area contributed by atoms with Crippen LogP contribution in [-0.4, -0.2) is 42.9 Å². The van der Waals surface area contributed by atoms with Gasteiger partial charge in [-0.15, -0.1) is 0 Å². The highest BCUT2D eigenvalue weighted by Crippen LogP contribution is 2.47. The average Bonchev–Trinajstić information content (AvgIpc) is 2.91. The molecule has 0 radical (unpaired) electrons. The van der Waals surface area contributed by atoms with E-state index in [1.54, 1.807) is 4.90 Å². The molecule has 2 aliphatic rings. The number of rotatable bonds is 0. The van der Waals surface area contributed by atoms with Crippen LogP contribution < -0.4 is 0 Å². The van der Waals surface area contributed by atoms with Gasteiger partial charge in [0.1, 0.15) is 5.60 Å². The molecule has 0 aromatic rings. The Labute approximate surface area is 96.9 Å². The second-order valence-corrected chi connectivity index (χ2v) is 5.95. The van der Waals surface area contributed by atoms with Crippen molar-refractivity contribution in [3.8, 4) is 0 Å². The van der Waals surface area contributed by atoms with E-state index in [2.05, 4.69) is 0 Å². The highest BCUT2D eigenvalue weighted by Gasteiger charge is 2.46. The van der Waals surface area contributed by atoms with Crippen LogP contribution in [0.5, 0.6) is 0 Å². The predicted octanol–water partition coefficient (Wildman–Crippen LogP) is 2.03. The van der Waals surface area contributed by atoms with Crippen molar-refractivity contribution in [1.82, 2.24) is 4.90 Å². The molecule has 2 fully saturated rings. The molecule has 1 amide bonds. The molecule has 1 saturated carbocycles. The highest BCUT2D eigenvalue weighted by atomic mass is 16.6. The van der Waals surface area contributed by atoms with E-state index in [0.29, 0.717) is 13.2 Å². The molecule has 1 spiro atoms. The fourth-order valence-electron chi connectivity index (χ4n) is 1.95. The lowest BCUT2D eigenvalue weighted by molar-refractivity contribution is 0.0229. The normalized spacial score (nSPS) is 24.1. The standard InChI is InChI=1S/C12H21NO3/c1-11(2,3)16-10(14)13-6-7-15-9-12(8-13)4-5-12/h4-9H2,1-3H3. The molecule has 1 heterocycles. The molecule has 0 atom stereocenters. The summed E-state index contributed by atoms with van der Waals surface area (Å²) in [7, 11) is 0. The van der Waals surface area contributed by atoms with E-state index in [0.717, 1.165) is 13.2 Å². The van der Waals surface area contributed by atoms with Crippen molar-refractivity contribution in [2.45, 2.75) is 39.2 Å². The number of hydrogen-bond acceptors (Lipinski definition) is 3. The topological polar surface area (TPSA) is 38.8 Å². The molecule has 1 aliphatic carbocycles. The van der Waals surface area contributed by atoms with E-state index in [-0.39, 0.29) is 11.5 Å². The number of ether oxygens (including phenoxy) is 2. The van der Waals surface area contributed by atoms with Crippen LogP contribution in [0, 0.1) is 5.41 Å². The number of carbonyl (C=O) groups excluding carboxylic acids is 1. The highest BCUT2D eigenvalue weighted by molar-refractivity contribution is 5.68. The maximum Gasteiger partial charge on any atom is 0.410 e. The zero-order chi connectivity index (χ0) is 11.8. The second-order valence-electron chi connectivity index (χ2n) is 5.95. The minimum atomic E-state index is -0.416. The largest absolute Gasteiger partial charge is 0.444 e. The lowest BCUT2D eigenvalue weighted by Gasteiger charge is -2.27. The molecule has 2 rings (SSSR count). The van der Waals surface area contributed by atoms with Crippen molar-refractivity contribution in [2.24, 2.45) is 5.41 Å². The van der Waals surface area contributed by atoms with Gasteiger partial charge in [-0.05, 0) is 33.6 Å². The van der Waals surface area contributed by atoms with Crippen LogP contribution in [0.15, 0.2) is 0 Å². The minimum Gasteiger partial charge on any atom is -0.444 e. The Kier molecular flexibility index (Phi) is 2.86. The molecule has 4 heteroatoms. The Morgan fingerprint density at radius 3 is 2.62 bits per heavy atom. The van der Waals surface area contributed by atoms with Gasteiger partial charge in [0, 0.05) is 18.5 Å². The first-order valence-electron chi connectivity index (χ1n) is 5.96. The number of amides is 1. The van der Waals surface area contributed by atoms with Gasteiger partial charge in [-0.2, -0.15) is 0 Å². The number of nitrogens with zero attached hydrogens (tertiary/aromatic N) is 1. The Hall–Kier alpha value is -0.770. The summed E-state index contributed by atoms with van der Waals surface area (Å²) >= 11 is 0. The monoisotopic (exact) mass is 227 g/mol. The second kappa shape index (κ2) is 3.91. The van der Waals surface area contributed by atoms with E-state index in [1.807, 2.05) is 20.8 Å². The van der Waals surface area contributed by atoms with E-state index in [1.165, 1.54) is 12.8 Å². The van der Waals surface area contributed by atoms with Crippen LogP contribution in [0.1, 0.15) is 33.6 Å². The summed E-state index contributed by atoms with van der Waals surface area (Å²) in [4.78, 5) is 13.7. The van der Waals surface area contributed by atoms with Crippen LogP contribution in [0.25, 0.3) is 0 Å². The van der Waals surface area contributed by atoms with Crippen LogP contribution in [-0.2, 0) is 9.47 Å². The molecule has 0 aromatic heterocycles. The van der Waals surface area contributed by atoms with Gasteiger partial charge in [-0.25, -0.2) is 4.79 Å². The van der Waals surface area contributed by atoms with Crippen LogP contribution >= 0.6 is 0 Å². The van der Waals surface area contributed by atoms with Gasteiger partial charge in [0.25, 0.3) is 0 Å². The van der Waals surface area contributed by atoms with E-state index >= 15 is 0 Å². The average molecular weight is 227 g/mol. The SMILES string of the molecule is CC(C)(C)OC(=O)N1CCOCC2(CC2)C1. The first kappa shape index (κ1) is 11.7. The lowest BCUT2D eigenvalue weighted by Crippen LogP contribution is -2.40. The van der Waals surface area contributed by atoms with Crippen LogP contribution in [0.4, 0.5) is 4.79 Å². The third-order valence-electron chi connectivity index (χ3n) is 3.05. The fourth-order valence-corrected chi connectivity index (χ4v) is 1.95. The molecule has 1 saturated heterocycles. The molecule has 92 valence electrons. The first-order chi connectivity index (χ1) is 7.40. The Morgan fingerprint density at radius 1 is 1.38 bits per heavy atom. The molecule has 4 nitrogen and oxygen atoms in total. The first-order valence-corrected chi connectivity index (χ1v) is 5.96. The van der Waals surface area contributed by atoms with Gasteiger partial charge in [-0.1, -0.05) is 0 Å². The van der Waals surface area contributed by atoms with Crippen molar-refractivity contribution < 1.29 is 14.3 Å². The van der Waals surface area contributed by atoms with Gasteiger partial charge in [0.2, 0.25) is 0 Å². The fraction of sp³-hybridized carbons (Fsp3) is 0.917. The molecule has 0 N–H and O–H groups in total. The summed E-state index contributed by atoms with van der Waals surface area (Å²) in [6.45, 7) is 8.55. The van der Waals surface area contributed by atoms with E-state index in [4.69, 9.17) is 9.47 Å². The van der Waals surface area contributed by atoms with Gasteiger partial charge in [0.15, 0.2) is 0 Å². The van der Waals surface area contributed by atoms with Crippen molar-refractivity contribution in [3.63, 3.8) is 0 Å². The van der Waals surface area contributed by atoms with Crippen molar-refractivity contribution in [1.29, 1.82) is 0 Å². The summed E-state index contributed by atoms with van der Waals surface area (Å²) in [6, 6.07) is 0. The summed E-state index contributed by atoms with van der Waals surface area (Å²) in [5, 5.41) is 0. The Balaban J connectivity index is 1.94. The minimum absolute atomic E-state index is 0.204. The quantitative estimate of drug-likeness (QED) is 0.635. The van der Waals surface area contributed by atoms with Crippen molar-refractivity contribution in [2.75, 3.05) is 26.3 Å². The number of carbonyl (C=O) groups is 1. The van der Waals surface area contributed by atoms with Crippen LogP contribution in [0.3, 0.4) is 0 Å². The van der Waals surface area contributed by atoms with E-state index in [9.17, 15) is 4.79 Å². The predicted molar refractivity (Wildman–Crippen MR) is 60.3 cm³/mol. The third-order valence-corrected chi connectivity index (χ3v) is 3.05. The summed E-state index contributed by atoms with van der Waals surface area (Å²) < 4.78 is 10.9. The smallest absolute Gasteiger partial charge is 0.410 e. The molecular weight excluding hydrogens is 206 g/mol. The molecule has 1 aliphatic heterocycles. The van der Waals surface area contributed by atoms with E-state index < -0.39 is 5.60 Å². The van der Waals surface area contributed by atoms with Gasteiger partial charge in [0.05, 0.1) is 13.2 Å².